The first kappa shape index (κ1) is 22.6. The number of nitrogens with two attached hydrogens (primary N) is 1. The standard InChI is InChI=1S/C21H34N2S/c1-9-11-19(14-22)13-17(5)18(6)24-15-21(7,23-8)20(12-10-2)16(3)4/h13-14,20,23H,3,6,10,12,15,22H2,1-2,4-5,7-8H3/b17-13+,19-14-. The Kier molecular flexibility index (Phi) is 10.6. The summed E-state index contributed by atoms with van der Waals surface area (Å²) >= 11 is 1.78. The van der Waals surface area contributed by atoms with Crippen molar-refractivity contribution < 1.29 is 0 Å². The van der Waals surface area contributed by atoms with Gasteiger partial charge in [-0.2, -0.15) is 0 Å². The van der Waals surface area contributed by atoms with E-state index in [1.165, 1.54) is 11.8 Å². The smallest absolute Gasteiger partial charge is 0.0402 e. The molecule has 0 aliphatic carbocycles. The summed E-state index contributed by atoms with van der Waals surface area (Å²) in [5, 5.41) is 3.52. The lowest BCUT2D eigenvalue weighted by Gasteiger charge is -2.38. The molecule has 0 aliphatic heterocycles. The number of hydrogen-bond donors (Lipinski definition) is 2. The van der Waals surface area contributed by atoms with Crippen molar-refractivity contribution in [3.05, 3.63) is 47.1 Å². The van der Waals surface area contributed by atoms with E-state index in [-0.39, 0.29) is 5.54 Å². The second-order valence-corrected chi connectivity index (χ2v) is 7.46. The van der Waals surface area contributed by atoms with Crippen molar-refractivity contribution in [2.24, 2.45) is 11.7 Å². The van der Waals surface area contributed by atoms with Gasteiger partial charge in [-0.1, -0.05) is 38.0 Å². The molecular formula is C21H34N2S. The lowest BCUT2D eigenvalue weighted by Crippen LogP contribution is -2.49. The average molecular weight is 347 g/mol. The second-order valence-electron chi connectivity index (χ2n) is 6.39. The summed E-state index contributed by atoms with van der Waals surface area (Å²) in [4.78, 5) is 1.05. The summed E-state index contributed by atoms with van der Waals surface area (Å²) < 4.78 is 0. The van der Waals surface area contributed by atoms with Crippen LogP contribution in [0.15, 0.2) is 47.1 Å². The van der Waals surface area contributed by atoms with Gasteiger partial charge in [0.2, 0.25) is 0 Å². The Morgan fingerprint density at radius 3 is 2.42 bits per heavy atom. The average Bonchev–Trinajstić information content (AvgIpc) is 2.56. The third-order valence-corrected chi connectivity index (χ3v) is 5.73. The van der Waals surface area contributed by atoms with Crippen LogP contribution >= 0.6 is 11.8 Å². The third-order valence-electron chi connectivity index (χ3n) is 4.32. The predicted octanol–water partition coefficient (Wildman–Crippen LogP) is 5.02. The fourth-order valence-corrected chi connectivity index (χ4v) is 3.79. The van der Waals surface area contributed by atoms with Gasteiger partial charge in [-0.3, -0.25) is 0 Å². The zero-order chi connectivity index (χ0) is 18.8. The SMILES string of the molecule is C=C(SCC(C)(NC)C(CCC)C(=C)C)/C(C)=C/C(C#CC)=C\N. The molecule has 0 aliphatic rings. The molecule has 0 aromatic carbocycles. The van der Waals surface area contributed by atoms with Crippen molar-refractivity contribution in [3.63, 3.8) is 0 Å². The van der Waals surface area contributed by atoms with Crippen molar-refractivity contribution in [2.45, 2.75) is 53.0 Å². The van der Waals surface area contributed by atoms with Crippen LogP contribution in [0.25, 0.3) is 0 Å². The first-order chi connectivity index (χ1) is 11.2. The number of rotatable bonds is 10. The largest absolute Gasteiger partial charge is 0.404 e. The Labute approximate surface area is 153 Å². The zero-order valence-corrected chi connectivity index (χ0v) is 17.1. The van der Waals surface area contributed by atoms with Crippen molar-refractivity contribution in [3.8, 4) is 11.8 Å². The summed E-state index contributed by atoms with van der Waals surface area (Å²) in [7, 11) is 2.03. The Morgan fingerprint density at radius 1 is 1.38 bits per heavy atom. The number of thioether (sulfide) groups is 1. The summed E-state index contributed by atoms with van der Waals surface area (Å²) in [6, 6.07) is 0. The van der Waals surface area contributed by atoms with Crippen molar-refractivity contribution in [1.29, 1.82) is 0 Å². The molecule has 2 nitrogen and oxygen atoms in total. The van der Waals surface area contributed by atoms with Gasteiger partial charge in [0.25, 0.3) is 0 Å². The van der Waals surface area contributed by atoms with Gasteiger partial charge in [0.05, 0.1) is 0 Å². The van der Waals surface area contributed by atoms with Gasteiger partial charge in [0, 0.05) is 28.0 Å². The van der Waals surface area contributed by atoms with E-state index >= 15 is 0 Å². The molecule has 0 heterocycles. The second kappa shape index (κ2) is 11.2. The monoisotopic (exact) mass is 346 g/mol. The van der Waals surface area contributed by atoms with Gasteiger partial charge in [0.1, 0.15) is 0 Å². The molecule has 0 saturated heterocycles. The maximum absolute atomic E-state index is 5.61. The minimum absolute atomic E-state index is 0.00844. The van der Waals surface area contributed by atoms with Gasteiger partial charge in [-0.05, 0) is 58.7 Å². The normalized spacial score (nSPS) is 15.9. The van der Waals surface area contributed by atoms with Crippen LogP contribution < -0.4 is 11.1 Å². The van der Waals surface area contributed by atoms with E-state index in [9.17, 15) is 0 Å². The molecule has 2 unspecified atom stereocenters. The zero-order valence-electron chi connectivity index (χ0n) is 16.3. The molecule has 0 saturated carbocycles. The number of nitrogens with one attached hydrogen (secondary N) is 1. The van der Waals surface area contributed by atoms with Crippen LogP contribution in [-0.2, 0) is 0 Å². The van der Waals surface area contributed by atoms with Crippen LogP contribution in [0.2, 0.25) is 0 Å². The van der Waals surface area contributed by atoms with E-state index < -0.39 is 0 Å². The molecule has 0 bridgehead atoms. The summed E-state index contributed by atoms with van der Waals surface area (Å²) in [5.74, 6) is 7.24. The van der Waals surface area contributed by atoms with Crippen molar-refractivity contribution in [2.75, 3.05) is 12.8 Å². The van der Waals surface area contributed by atoms with E-state index in [4.69, 9.17) is 5.73 Å². The first-order valence-corrected chi connectivity index (χ1v) is 9.43. The summed E-state index contributed by atoms with van der Waals surface area (Å²) in [6.07, 6.45) is 5.82. The first-order valence-electron chi connectivity index (χ1n) is 8.45. The van der Waals surface area contributed by atoms with E-state index in [2.05, 4.69) is 58.0 Å². The molecule has 24 heavy (non-hydrogen) atoms. The lowest BCUT2D eigenvalue weighted by atomic mass is 9.80. The van der Waals surface area contributed by atoms with Gasteiger partial charge >= 0.3 is 0 Å². The Hall–Kier alpha value is -1.37. The Morgan fingerprint density at radius 2 is 2.00 bits per heavy atom. The summed E-state index contributed by atoms with van der Waals surface area (Å²) in [5.41, 5.74) is 8.76. The van der Waals surface area contributed by atoms with Crippen LogP contribution in [0.4, 0.5) is 0 Å². The molecule has 0 aromatic rings. The summed E-state index contributed by atoms with van der Waals surface area (Å²) in [6.45, 7) is 18.9. The fraction of sp³-hybridized carbons (Fsp3) is 0.524. The van der Waals surface area contributed by atoms with Crippen LogP contribution in [-0.4, -0.2) is 18.3 Å². The predicted molar refractivity (Wildman–Crippen MR) is 112 cm³/mol. The maximum Gasteiger partial charge on any atom is 0.0402 e. The lowest BCUT2D eigenvalue weighted by molar-refractivity contribution is 0.296. The molecule has 0 fully saturated rings. The van der Waals surface area contributed by atoms with Gasteiger partial charge in [0.15, 0.2) is 0 Å². The van der Waals surface area contributed by atoms with E-state index in [0.29, 0.717) is 5.92 Å². The van der Waals surface area contributed by atoms with Crippen molar-refractivity contribution in [1.82, 2.24) is 5.32 Å². The van der Waals surface area contributed by atoms with Crippen LogP contribution in [0, 0.1) is 17.8 Å². The molecule has 2 atom stereocenters. The quantitative estimate of drug-likeness (QED) is 0.331. The van der Waals surface area contributed by atoms with E-state index in [0.717, 1.165) is 34.6 Å². The number of allylic oxidation sites excluding steroid dienone is 3. The van der Waals surface area contributed by atoms with E-state index in [1.54, 1.807) is 18.7 Å². The molecular weight excluding hydrogens is 312 g/mol. The highest BCUT2D eigenvalue weighted by atomic mass is 32.2. The van der Waals surface area contributed by atoms with Crippen molar-refractivity contribution >= 4 is 11.8 Å². The highest BCUT2D eigenvalue weighted by molar-refractivity contribution is 8.03. The minimum Gasteiger partial charge on any atom is -0.404 e. The molecule has 0 amide bonds. The molecule has 3 N–H and O–H groups in total. The molecule has 0 spiro atoms. The fourth-order valence-electron chi connectivity index (χ4n) is 2.68. The Balaban J connectivity index is 5.11. The van der Waals surface area contributed by atoms with Gasteiger partial charge in [-0.25, -0.2) is 0 Å². The maximum atomic E-state index is 5.61. The topological polar surface area (TPSA) is 38.0 Å². The molecule has 134 valence electrons. The molecule has 0 aromatic heterocycles. The van der Waals surface area contributed by atoms with Gasteiger partial charge < -0.3 is 11.1 Å². The van der Waals surface area contributed by atoms with Crippen LogP contribution in [0.3, 0.4) is 0 Å². The van der Waals surface area contributed by atoms with Crippen LogP contribution in [0.1, 0.15) is 47.5 Å². The van der Waals surface area contributed by atoms with Gasteiger partial charge in [-0.15, -0.1) is 17.7 Å². The molecule has 0 rings (SSSR count). The third kappa shape index (κ3) is 7.03. The molecule has 0 radical (unpaired) electrons. The highest BCUT2D eigenvalue weighted by Crippen LogP contribution is 2.34. The number of hydrogen-bond acceptors (Lipinski definition) is 3. The van der Waals surface area contributed by atoms with E-state index in [1.807, 2.05) is 13.1 Å². The highest BCUT2D eigenvalue weighted by Gasteiger charge is 2.32. The minimum atomic E-state index is -0.00844. The molecule has 3 heteroatoms. The van der Waals surface area contributed by atoms with Crippen LogP contribution in [0.5, 0.6) is 0 Å². The Bertz CT molecular complexity index is 560.